The average molecular weight is 453 g/mol. The zero-order valence-electron chi connectivity index (χ0n) is 16.9. The van der Waals surface area contributed by atoms with Gasteiger partial charge in [0, 0.05) is 41.0 Å². The Kier molecular flexibility index (Phi) is 9.42. The highest BCUT2D eigenvalue weighted by atomic mass is 35.5. The van der Waals surface area contributed by atoms with Crippen molar-refractivity contribution in [2.24, 2.45) is 10.7 Å². The van der Waals surface area contributed by atoms with E-state index in [2.05, 4.69) is 27.4 Å². The fourth-order valence-electron chi connectivity index (χ4n) is 2.45. The van der Waals surface area contributed by atoms with E-state index >= 15 is 0 Å². The number of halogens is 1. The number of carboxylic acid groups (broad SMARTS) is 2. The number of aliphatic imine (C=N–C) groups is 1. The molecule has 5 N–H and O–H groups in total. The molecule has 0 saturated carbocycles. The Labute approximate surface area is 189 Å². The van der Waals surface area contributed by atoms with Gasteiger partial charge in [-0.15, -0.1) is 0 Å². The third-order valence-electron chi connectivity index (χ3n) is 3.82. The minimum absolute atomic E-state index is 0.283. The van der Waals surface area contributed by atoms with Crippen LogP contribution >= 0.6 is 11.6 Å². The number of hydrogen-bond donors (Lipinski definition) is 4. The largest absolute Gasteiger partial charge is 0.478 e. The van der Waals surface area contributed by atoms with Gasteiger partial charge in [0.1, 0.15) is 0 Å². The van der Waals surface area contributed by atoms with Crippen LogP contribution in [0, 0.1) is 0 Å². The average Bonchev–Trinajstić information content (AvgIpc) is 2.76. The zero-order valence-corrected chi connectivity index (χ0v) is 17.6. The van der Waals surface area contributed by atoms with E-state index in [4.69, 9.17) is 27.5 Å². The van der Waals surface area contributed by atoms with E-state index in [0.29, 0.717) is 23.0 Å². The zero-order chi connectivity index (χ0) is 23.3. The van der Waals surface area contributed by atoms with Crippen molar-refractivity contribution in [3.05, 3.63) is 101 Å². The lowest BCUT2D eigenvalue weighted by Gasteiger charge is -2.08. The lowest BCUT2D eigenvalue weighted by atomic mass is 10.1. The van der Waals surface area contributed by atoms with Gasteiger partial charge in [0.05, 0.1) is 0 Å². The van der Waals surface area contributed by atoms with E-state index < -0.39 is 11.9 Å². The topological polar surface area (TPSA) is 138 Å². The van der Waals surface area contributed by atoms with Crippen molar-refractivity contribution in [3.63, 3.8) is 0 Å². The molecule has 9 heteroatoms. The van der Waals surface area contributed by atoms with Crippen LogP contribution in [0.4, 0.5) is 11.5 Å². The fourth-order valence-corrected chi connectivity index (χ4v) is 2.58. The molecule has 0 saturated heterocycles. The van der Waals surface area contributed by atoms with Crippen LogP contribution in [0.3, 0.4) is 0 Å². The van der Waals surface area contributed by atoms with Crippen LogP contribution in [0.5, 0.6) is 0 Å². The number of nitrogens with zero attached hydrogens (tertiary/aromatic N) is 2. The first-order chi connectivity index (χ1) is 15.3. The molecule has 0 fully saturated rings. The quantitative estimate of drug-likeness (QED) is 0.251. The first kappa shape index (κ1) is 24.1. The van der Waals surface area contributed by atoms with Gasteiger partial charge in [-0.3, -0.25) is 0 Å². The summed E-state index contributed by atoms with van der Waals surface area (Å²) in [6.07, 6.45) is 3.58. The van der Waals surface area contributed by atoms with Crippen molar-refractivity contribution in [1.82, 2.24) is 4.98 Å². The first-order valence-corrected chi connectivity index (χ1v) is 9.70. The third kappa shape index (κ3) is 9.10. The maximum absolute atomic E-state index is 9.55. The van der Waals surface area contributed by atoms with E-state index in [1.165, 1.54) is 5.56 Å². The van der Waals surface area contributed by atoms with E-state index in [1.54, 1.807) is 18.3 Å². The molecule has 1 aromatic heterocycles. The molecule has 0 unspecified atom stereocenters. The summed E-state index contributed by atoms with van der Waals surface area (Å²) in [6.45, 7) is 0. The standard InChI is InChI=1S/C19H17ClN4.C4H4O4/c20-16-8-10-17(11-9-16)23-19(21)24-18-15(7-4-12-22-18)13-14-5-2-1-3-6-14;5-3(6)1-2-4(7)8/h1-12H,13H2,(H3,21,22,23,24);1-2H,(H,5,6)(H,7,8)/b;2-1-. The summed E-state index contributed by atoms with van der Waals surface area (Å²) in [5, 5.41) is 19.3. The molecule has 32 heavy (non-hydrogen) atoms. The number of pyridine rings is 1. The fraction of sp³-hybridized carbons (Fsp3) is 0.0435. The molecule has 1 heterocycles. The second-order valence-electron chi connectivity index (χ2n) is 6.29. The second-order valence-corrected chi connectivity index (χ2v) is 6.72. The molecule has 0 bridgehead atoms. The summed E-state index contributed by atoms with van der Waals surface area (Å²) in [7, 11) is 0. The molecule has 8 nitrogen and oxygen atoms in total. The molecule has 0 aliphatic carbocycles. The molecule has 0 atom stereocenters. The Morgan fingerprint density at radius 1 is 0.969 bits per heavy atom. The highest BCUT2D eigenvalue weighted by molar-refractivity contribution is 6.30. The van der Waals surface area contributed by atoms with Crippen molar-refractivity contribution >= 4 is 41.0 Å². The Bertz CT molecular complexity index is 1080. The number of aromatic nitrogens is 1. The predicted octanol–water partition coefficient (Wildman–Crippen LogP) is 4.10. The molecular formula is C23H21ClN4O4. The summed E-state index contributed by atoms with van der Waals surface area (Å²) in [6, 6.07) is 21.4. The minimum atomic E-state index is -1.26. The van der Waals surface area contributed by atoms with Crippen molar-refractivity contribution in [3.8, 4) is 0 Å². The van der Waals surface area contributed by atoms with Gasteiger partial charge in [-0.05, 0) is 35.9 Å². The van der Waals surface area contributed by atoms with Crippen molar-refractivity contribution < 1.29 is 19.8 Å². The van der Waals surface area contributed by atoms with E-state index in [9.17, 15) is 9.59 Å². The van der Waals surface area contributed by atoms with Crippen LogP contribution < -0.4 is 11.1 Å². The number of guanidine groups is 1. The van der Waals surface area contributed by atoms with Gasteiger partial charge in [-0.2, -0.15) is 4.99 Å². The molecule has 0 radical (unpaired) electrons. The van der Waals surface area contributed by atoms with Gasteiger partial charge in [-0.25, -0.2) is 14.6 Å². The van der Waals surface area contributed by atoms with Crippen molar-refractivity contribution in [1.29, 1.82) is 0 Å². The number of hydrogen-bond acceptors (Lipinski definition) is 4. The molecule has 164 valence electrons. The molecule has 0 aliphatic heterocycles. The Balaban J connectivity index is 0.000000390. The van der Waals surface area contributed by atoms with Crippen molar-refractivity contribution in [2.75, 3.05) is 5.32 Å². The van der Waals surface area contributed by atoms with Crippen LogP contribution in [0.15, 0.2) is 90.1 Å². The van der Waals surface area contributed by atoms with E-state index in [-0.39, 0.29) is 5.96 Å². The smallest absolute Gasteiger partial charge is 0.328 e. The van der Waals surface area contributed by atoms with Crippen LogP contribution in [0.2, 0.25) is 5.02 Å². The summed E-state index contributed by atoms with van der Waals surface area (Å²) in [4.78, 5) is 27.9. The van der Waals surface area contributed by atoms with Crippen molar-refractivity contribution in [2.45, 2.75) is 6.42 Å². The molecule has 3 aromatic rings. The van der Waals surface area contributed by atoms with Crippen LogP contribution in [0.1, 0.15) is 11.1 Å². The number of rotatable bonds is 6. The molecule has 0 aliphatic rings. The highest BCUT2D eigenvalue weighted by Crippen LogP contribution is 2.20. The number of carboxylic acids is 2. The predicted molar refractivity (Wildman–Crippen MR) is 124 cm³/mol. The van der Waals surface area contributed by atoms with Gasteiger partial charge in [0.25, 0.3) is 0 Å². The lowest BCUT2D eigenvalue weighted by molar-refractivity contribution is -0.134. The summed E-state index contributed by atoms with van der Waals surface area (Å²) >= 11 is 5.88. The summed E-state index contributed by atoms with van der Waals surface area (Å²) in [5.41, 5.74) is 9.04. The molecular weight excluding hydrogens is 432 g/mol. The molecule has 2 aromatic carbocycles. The lowest BCUT2D eigenvalue weighted by Crippen LogP contribution is -2.22. The van der Waals surface area contributed by atoms with Gasteiger partial charge in [0.2, 0.25) is 0 Å². The Morgan fingerprint density at radius 3 is 2.19 bits per heavy atom. The normalized spacial score (nSPS) is 10.8. The number of nitrogens with two attached hydrogens (primary N) is 1. The van der Waals surface area contributed by atoms with Crippen LogP contribution in [-0.2, 0) is 16.0 Å². The number of aliphatic carboxylic acids is 2. The van der Waals surface area contributed by atoms with Gasteiger partial charge in [-0.1, -0.05) is 48.0 Å². The summed E-state index contributed by atoms with van der Waals surface area (Å²) in [5.74, 6) is -1.62. The van der Waals surface area contributed by atoms with Crippen LogP contribution in [-0.4, -0.2) is 33.1 Å². The van der Waals surface area contributed by atoms with Gasteiger partial charge < -0.3 is 21.3 Å². The number of carbonyl (C=O) groups is 2. The Morgan fingerprint density at radius 2 is 1.59 bits per heavy atom. The van der Waals surface area contributed by atoms with Crippen LogP contribution in [0.25, 0.3) is 0 Å². The van der Waals surface area contributed by atoms with Gasteiger partial charge >= 0.3 is 11.9 Å². The van der Waals surface area contributed by atoms with Gasteiger partial charge in [0.15, 0.2) is 11.8 Å². The first-order valence-electron chi connectivity index (χ1n) is 9.32. The third-order valence-corrected chi connectivity index (χ3v) is 4.07. The second kappa shape index (κ2) is 12.5. The molecule has 0 amide bonds. The number of anilines is 1. The minimum Gasteiger partial charge on any atom is -0.478 e. The maximum atomic E-state index is 9.55. The van der Waals surface area contributed by atoms with E-state index in [0.717, 1.165) is 17.7 Å². The molecule has 0 spiro atoms. The SMILES string of the molecule is NC(=Nc1ncccc1Cc1ccccc1)Nc1ccc(Cl)cc1.O=C(O)/C=C\C(=O)O. The highest BCUT2D eigenvalue weighted by Gasteiger charge is 2.05. The Hall–Kier alpha value is -4.17. The van der Waals surface area contributed by atoms with E-state index in [1.807, 2.05) is 42.5 Å². The monoisotopic (exact) mass is 452 g/mol. The summed E-state index contributed by atoms with van der Waals surface area (Å²) < 4.78 is 0. The number of benzene rings is 2. The maximum Gasteiger partial charge on any atom is 0.328 e. The molecule has 3 rings (SSSR count). The number of nitrogens with one attached hydrogen (secondary N) is 1.